The van der Waals surface area contributed by atoms with Gasteiger partial charge < -0.3 is 10.1 Å². The highest BCUT2D eigenvalue weighted by Crippen LogP contribution is 2.39. The van der Waals surface area contributed by atoms with Crippen molar-refractivity contribution in [2.75, 3.05) is 0 Å². The number of pyridine rings is 1. The molecule has 144 valence electrons. The minimum atomic E-state index is -4.84. The number of rotatable bonds is 6. The van der Waals surface area contributed by atoms with Crippen molar-refractivity contribution < 1.29 is 18.3 Å². The smallest absolute Gasteiger partial charge is 0.368 e. The molecular weight excluding hydrogens is 355 g/mol. The molecule has 27 heavy (non-hydrogen) atoms. The number of hydrogen-bond donors (Lipinski definition) is 3. The van der Waals surface area contributed by atoms with Gasteiger partial charge in [-0.05, 0) is 29.7 Å². The van der Waals surface area contributed by atoms with E-state index in [4.69, 9.17) is 0 Å². The van der Waals surface area contributed by atoms with Crippen molar-refractivity contribution in [2.45, 2.75) is 44.1 Å². The molecule has 0 radical (unpaired) electrons. The summed E-state index contributed by atoms with van der Waals surface area (Å²) in [6.07, 6.45) is -3.88. The van der Waals surface area contributed by atoms with E-state index in [1.165, 1.54) is 6.20 Å². The highest BCUT2D eigenvalue weighted by Gasteiger charge is 2.56. The standard InChI is InChI=1S/C20H22F3N3O/c1-18(2,17-9-5-6-10-24-17)13-19(27,20(21,22)23)25-12-15-11-14-7-3-4-8-16(14)26-15/h3-11,25-27H,12-13H2,1-2H3. The molecule has 0 amide bonds. The summed E-state index contributed by atoms with van der Waals surface area (Å²) in [5.41, 5.74) is -2.15. The number of alkyl halides is 3. The van der Waals surface area contributed by atoms with Crippen LogP contribution in [0.4, 0.5) is 13.2 Å². The van der Waals surface area contributed by atoms with Crippen LogP contribution >= 0.6 is 0 Å². The van der Waals surface area contributed by atoms with Crippen LogP contribution in [0.15, 0.2) is 54.7 Å². The van der Waals surface area contributed by atoms with E-state index in [1.807, 2.05) is 24.3 Å². The predicted octanol–water partition coefficient (Wildman–Crippen LogP) is 4.27. The van der Waals surface area contributed by atoms with Crippen LogP contribution < -0.4 is 5.32 Å². The lowest BCUT2D eigenvalue weighted by Crippen LogP contribution is -2.59. The van der Waals surface area contributed by atoms with Gasteiger partial charge in [-0.25, -0.2) is 0 Å². The van der Waals surface area contributed by atoms with Crippen LogP contribution in [0.1, 0.15) is 31.7 Å². The Morgan fingerprint density at radius 2 is 1.78 bits per heavy atom. The number of H-pyrrole nitrogens is 1. The van der Waals surface area contributed by atoms with Crippen molar-refractivity contribution in [1.82, 2.24) is 15.3 Å². The van der Waals surface area contributed by atoms with Gasteiger partial charge in [-0.3, -0.25) is 10.3 Å². The molecule has 0 saturated carbocycles. The highest BCUT2D eigenvalue weighted by molar-refractivity contribution is 5.80. The SMILES string of the molecule is CC(C)(CC(O)(NCc1cc2ccccc2[nH]1)C(F)(F)F)c1ccccn1. The second kappa shape index (κ2) is 6.98. The number of halogens is 3. The fraction of sp³-hybridized carbons (Fsp3) is 0.350. The second-order valence-corrected chi connectivity index (χ2v) is 7.37. The van der Waals surface area contributed by atoms with Crippen LogP contribution in [-0.2, 0) is 12.0 Å². The Hall–Kier alpha value is -2.38. The van der Waals surface area contributed by atoms with Crippen molar-refractivity contribution in [3.63, 3.8) is 0 Å². The van der Waals surface area contributed by atoms with Gasteiger partial charge in [0.05, 0.1) is 0 Å². The maximum Gasteiger partial charge on any atom is 0.431 e. The third kappa shape index (κ3) is 4.14. The molecule has 0 fully saturated rings. The largest absolute Gasteiger partial charge is 0.431 e. The Bertz CT molecular complexity index is 872. The number of benzene rings is 1. The van der Waals surface area contributed by atoms with Gasteiger partial charge in [-0.1, -0.05) is 38.1 Å². The maximum absolute atomic E-state index is 13.7. The molecule has 3 aromatic rings. The molecule has 0 saturated heterocycles. The first kappa shape index (κ1) is 19.4. The van der Waals surface area contributed by atoms with Gasteiger partial charge in [0.25, 0.3) is 0 Å². The summed E-state index contributed by atoms with van der Waals surface area (Å²) in [7, 11) is 0. The summed E-state index contributed by atoms with van der Waals surface area (Å²) < 4.78 is 41.1. The van der Waals surface area contributed by atoms with Crippen LogP contribution in [0.5, 0.6) is 0 Å². The third-order valence-electron chi connectivity index (χ3n) is 4.68. The van der Waals surface area contributed by atoms with E-state index in [2.05, 4.69) is 15.3 Å². The van der Waals surface area contributed by atoms with Crippen molar-refractivity contribution in [3.8, 4) is 0 Å². The van der Waals surface area contributed by atoms with E-state index in [1.54, 1.807) is 38.1 Å². The van der Waals surface area contributed by atoms with E-state index in [0.29, 0.717) is 11.4 Å². The molecule has 1 aromatic carbocycles. The highest BCUT2D eigenvalue weighted by atomic mass is 19.4. The third-order valence-corrected chi connectivity index (χ3v) is 4.68. The Kier molecular flexibility index (Phi) is 5.01. The number of fused-ring (bicyclic) bond motifs is 1. The van der Waals surface area contributed by atoms with Gasteiger partial charge in [0, 0.05) is 41.5 Å². The summed E-state index contributed by atoms with van der Waals surface area (Å²) in [5, 5.41) is 13.7. The molecule has 0 aliphatic rings. The number of nitrogens with one attached hydrogen (secondary N) is 2. The van der Waals surface area contributed by atoms with Crippen LogP contribution in [0.2, 0.25) is 0 Å². The summed E-state index contributed by atoms with van der Waals surface area (Å²) in [4.78, 5) is 7.21. The van der Waals surface area contributed by atoms with E-state index >= 15 is 0 Å². The van der Waals surface area contributed by atoms with Crippen LogP contribution in [-0.4, -0.2) is 27.0 Å². The molecule has 4 nitrogen and oxygen atoms in total. The van der Waals surface area contributed by atoms with E-state index in [0.717, 1.165) is 10.9 Å². The van der Waals surface area contributed by atoms with Crippen LogP contribution in [0.3, 0.4) is 0 Å². The zero-order valence-electron chi connectivity index (χ0n) is 15.1. The van der Waals surface area contributed by atoms with Crippen molar-refractivity contribution in [3.05, 3.63) is 66.1 Å². The predicted molar refractivity (Wildman–Crippen MR) is 98.0 cm³/mol. The molecule has 2 aromatic heterocycles. The van der Waals surface area contributed by atoms with Gasteiger partial charge in [0.2, 0.25) is 5.72 Å². The Labute approximate surface area is 155 Å². The average Bonchev–Trinajstić information content (AvgIpc) is 3.02. The first-order valence-electron chi connectivity index (χ1n) is 8.63. The quantitative estimate of drug-likeness (QED) is 0.562. The van der Waals surface area contributed by atoms with Gasteiger partial charge in [0.1, 0.15) is 0 Å². The van der Waals surface area contributed by atoms with Gasteiger partial charge >= 0.3 is 6.18 Å². The molecule has 1 unspecified atom stereocenters. The van der Waals surface area contributed by atoms with Gasteiger partial charge in [-0.15, -0.1) is 0 Å². The monoisotopic (exact) mass is 377 g/mol. The minimum Gasteiger partial charge on any atom is -0.368 e. The zero-order chi connectivity index (χ0) is 19.7. The van der Waals surface area contributed by atoms with E-state index < -0.39 is 23.7 Å². The molecule has 3 rings (SSSR count). The summed E-state index contributed by atoms with van der Waals surface area (Å²) in [6.45, 7) is 3.12. The number of nitrogens with zero attached hydrogens (tertiary/aromatic N) is 1. The Balaban J connectivity index is 1.82. The van der Waals surface area contributed by atoms with Crippen molar-refractivity contribution >= 4 is 10.9 Å². The van der Waals surface area contributed by atoms with Gasteiger partial charge in [-0.2, -0.15) is 13.2 Å². The maximum atomic E-state index is 13.7. The lowest BCUT2D eigenvalue weighted by Gasteiger charge is -2.37. The lowest BCUT2D eigenvalue weighted by molar-refractivity contribution is -0.280. The van der Waals surface area contributed by atoms with E-state index in [-0.39, 0.29) is 6.54 Å². The molecule has 1 atom stereocenters. The second-order valence-electron chi connectivity index (χ2n) is 7.37. The molecule has 0 bridgehead atoms. The number of aliphatic hydroxyl groups is 1. The summed E-state index contributed by atoms with van der Waals surface area (Å²) in [6, 6.07) is 14.3. The average molecular weight is 377 g/mol. The lowest BCUT2D eigenvalue weighted by atomic mass is 9.80. The number of aromatic amines is 1. The Morgan fingerprint density at radius 3 is 2.41 bits per heavy atom. The molecule has 0 aliphatic carbocycles. The summed E-state index contributed by atoms with van der Waals surface area (Å²) in [5.74, 6) is 0. The fourth-order valence-electron chi connectivity index (χ4n) is 3.23. The molecular formula is C20H22F3N3O. The molecule has 2 heterocycles. The fourth-order valence-corrected chi connectivity index (χ4v) is 3.23. The van der Waals surface area contributed by atoms with Crippen LogP contribution in [0, 0.1) is 0 Å². The Morgan fingerprint density at radius 1 is 1.07 bits per heavy atom. The normalized spacial score (nSPS) is 15.0. The molecule has 3 N–H and O–H groups in total. The number of para-hydroxylation sites is 1. The first-order chi connectivity index (χ1) is 12.6. The van der Waals surface area contributed by atoms with Crippen molar-refractivity contribution in [1.29, 1.82) is 0 Å². The number of hydrogen-bond acceptors (Lipinski definition) is 3. The molecule has 0 spiro atoms. The van der Waals surface area contributed by atoms with Crippen molar-refractivity contribution in [2.24, 2.45) is 0 Å². The number of aromatic nitrogens is 2. The first-order valence-corrected chi connectivity index (χ1v) is 8.63. The topological polar surface area (TPSA) is 60.9 Å². The zero-order valence-corrected chi connectivity index (χ0v) is 15.1. The van der Waals surface area contributed by atoms with E-state index in [9.17, 15) is 18.3 Å². The molecule has 7 heteroatoms. The minimum absolute atomic E-state index is 0.150. The van der Waals surface area contributed by atoms with Gasteiger partial charge in [0.15, 0.2) is 0 Å². The summed E-state index contributed by atoms with van der Waals surface area (Å²) >= 11 is 0. The van der Waals surface area contributed by atoms with Crippen LogP contribution in [0.25, 0.3) is 10.9 Å². The molecule has 0 aliphatic heterocycles.